The van der Waals surface area contributed by atoms with Crippen molar-refractivity contribution in [2.75, 3.05) is 6.54 Å². The molecule has 0 bridgehead atoms. The Hall–Kier alpha value is -0.570. The molecule has 3 N–H and O–H groups in total. The number of carbonyl (C=O) groups excluding carboxylic acids is 1. The molecule has 0 aliphatic heterocycles. The van der Waals surface area contributed by atoms with Crippen molar-refractivity contribution in [3.8, 4) is 0 Å². The van der Waals surface area contributed by atoms with Crippen molar-refractivity contribution in [2.45, 2.75) is 38.8 Å². The van der Waals surface area contributed by atoms with Crippen molar-refractivity contribution in [2.24, 2.45) is 0 Å². The summed E-state index contributed by atoms with van der Waals surface area (Å²) in [5.74, 6) is -0.944. The van der Waals surface area contributed by atoms with Gasteiger partial charge in [-0.05, 0) is 27.2 Å². The monoisotopic (exact) mass is 344 g/mol. The highest BCUT2D eigenvalue weighted by molar-refractivity contribution is 14.1. The number of ether oxygens (including phenoxy) is 1. The van der Waals surface area contributed by atoms with E-state index in [1.54, 1.807) is 43.6 Å². The first-order valence-electron chi connectivity index (χ1n) is 4.82. The Morgan fingerprint density at radius 2 is 2.00 bits per heavy atom. The van der Waals surface area contributed by atoms with Crippen LogP contribution in [0.15, 0.2) is 0 Å². The average molecular weight is 344 g/mol. The first-order valence-corrected chi connectivity index (χ1v) is 5.90. The topological polar surface area (TPSA) is 87.7 Å². The molecular formula is C9H17IN2O4. The molecule has 0 radical (unpaired) electrons. The summed E-state index contributed by atoms with van der Waals surface area (Å²) in [6.45, 7) is 5.54. The van der Waals surface area contributed by atoms with E-state index < -0.39 is 23.7 Å². The highest BCUT2D eigenvalue weighted by Gasteiger charge is 2.18. The molecule has 0 aromatic heterocycles. The van der Waals surface area contributed by atoms with Gasteiger partial charge >= 0.3 is 12.1 Å². The zero-order valence-corrected chi connectivity index (χ0v) is 11.7. The third-order valence-electron chi connectivity index (χ3n) is 1.53. The second-order valence-corrected chi connectivity index (χ2v) is 4.84. The van der Waals surface area contributed by atoms with Gasteiger partial charge in [0.1, 0.15) is 11.6 Å². The van der Waals surface area contributed by atoms with Gasteiger partial charge in [-0.15, -0.1) is 0 Å². The van der Waals surface area contributed by atoms with E-state index in [1.165, 1.54) is 0 Å². The first kappa shape index (κ1) is 15.4. The average Bonchev–Trinajstić information content (AvgIpc) is 2.08. The summed E-state index contributed by atoms with van der Waals surface area (Å²) < 4.78 is 7.60. The lowest BCUT2D eigenvalue weighted by molar-refractivity contribution is -0.138. The largest absolute Gasteiger partial charge is 0.480 e. The lowest BCUT2D eigenvalue weighted by Crippen LogP contribution is -2.37. The summed E-state index contributed by atoms with van der Waals surface area (Å²) >= 11 is 1.77. The van der Waals surface area contributed by atoms with Gasteiger partial charge in [0, 0.05) is 29.4 Å². The minimum Gasteiger partial charge on any atom is -0.480 e. The van der Waals surface area contributed by atoms with Crippen LogP contribution in [0.5, 0.6) is 0 Å². The van der Waals surface area contributed by atoms with Gasteiger partial charge in [0.2, 0.25) is 0 Å². The van der Waals surface area contributed by atoms with Crippen LogP contribution in [-0.2, 0) is 9.53 Å². The van der Waals surface area contributed by atoms with Gasteiger partial charge in [-0.2, -0.15) is 0 Å². The maximum Gasteiger partial charge on any atom is 0.407 e. The molecule has 0 spiro atoms. The van der Waals surface area contributed by atoms with E-state index in [0.29, 0.717) is 6.42 Å². The van der Waals surface area contributed by atoms with Gasteiger partial charge in [0.15, 0.2) is 0 Å². The summed E-state index contributed by atoms with van der Waals surface area (Å²) in [6, 6.07) is -0.671. The molecule has 0 rings (SSSR count). The molecule has 0 saturated carbocycles. The van der Waals surface area contributed by atoms with Crippen molar-refractivity contribution in [3.05, 3.63) is 0 Å². The number of alkyl carbamates (subject to hydrolysis) is 1. The Morgan fingerprint density at radius 1 is 1.44 bits per heavy atom. The van der Waals surface area contributed by atoms with Crippen LogP contribution in [0, 0.1) is 0 Å². The second-order valence-electron chi connectivity index (χ2n) is 4.22. The predicted octanol–water partition coefficient (Wildman–Crippen LogP) is 1.29. The zero-order chi connectivity index (χ0) is 12.8. The predicted molar refractivity (Wildman–Crippen MR) is 67.4 cm³/mol. The SMILES string of the molecule is CC(C)(C)OC(=O)NCC[C@H](NI)C(=O)O. The summed E-state index contributed by atoms with van der Waals surface area (Å²) in [6.07, 6.45) is -0.234. The van der Waals surface area contributed by atoms with Crippen molar-refractivity contribution in [3.63, 3.8) is 0 Å². The van der Waals surface area contributed by atoms with Crippen molar-refractivity contribution in [1.82, 2.24) is 8.85 Å². The summed E-state index contributed by atoms with van der Waals surface area (Å²) in [5, 5.41) is 11.2. The fraction of sp³-hybridized carbons (Fsp3) is 0.778. The number of hydrogen-bond acceptors (Lipinski definition) is 4. The normalized spacial score (nSPS) is 13.0. The smallest absolute Gasteiger partial charge is 0.407 e. The maximum absolute atomic E-state index is 11.2. The van der Waals surface area contributed by atoms with E-state index in [9.17, 15) is 9.59 Å². The van der Waals surface area contributed by atoms with Crippen LogP contribution < -0.4 is 8.85 Å². The quantitative estimate of drug-likeness (QED) is 0.517. The number of hydrogen-bond donors (Lipinski definition) is 3. The van der Waals surface area contributed by atoms with Gasteiger partial charge in [0.05, 0.1) is 0 Å². The van der Waals surface area contributed by atoms with E-state index in [0.717, 1.165) is 0 Å². The molecule has 0 saturated heterocycles. The van der Waals surface area contributed by atoms with Crippen molar-refractivity contribution in [1.29, 1.82) is 0 Å². The summed E-state index contributed by atoms with van der Waals surface area (Å²) in [4.78, 5) is 21.8. The summed E-state index contributed by atoms with van der Waals surface area (Å²) in [7, 11) is 0. The Balaban J connectivity index is 3.81. The van der Waals surface area contributed by atoms with Gasteiger partial charge in [-0.25, -0.2) is 8.32 Å². The van der Waals surface area contributed by atoms with Crippen molar-refractivity contribution >= 4 is 34.9 Å². The van der Waals surface area contributed by atoms with E-state index in [2.05, 4.69) is 8.85 Å². The van der Waals surface area contributed by atoms with Crippen LogP contribution in [0.3, 0.4) is 0 Å². The molecular weight excluding hydrogens is 327 g/mol. The van der Waals surface area contributed by atoms with Crippen LogP contribution in [0.25, 0.3) is 0 Å². The third-order valence-corrected chi connectivity index (χ3v) is 2.28. The number of carboxylic acids is 1. The van der Waals surface area contributed by atoms with E-state index in [-0.39, 0.29) is 6.54 Å². The van der Waals surface area contributed by atoms with Gasteiger partial charge in [-0.1, -0.05) is 0 Å². The lowest BCUT2D eigenvalue weighted by atomic mass is 10.2. The Labute approximate surface area is 109 Å². The molecule has 0 aliphatic carbocycles. The Morgan fingerprint density at radius 3 is 2.38 bits per heavy atom. The minimum absolute atomic E-state index is 0.252. The number of nitrogens with one attached hydrogen (secondary N) is 2. The fourth-order valence-electron chi connectivity index (χ4n) is 0.857. The minimum atomic E-state index is -0.944. The van der Waals surface area contributed by atoms with Crippen LogP contribution in [0.1, 0.15) is 27.2 Å². The number of aliphatic carboxylic acids is 1. The molecule has 94 valence electrons. The van der Waals surface area contributed by atoms with Crippen LogP contribution in [-0.4, -0.2) is 35.4 Å². The molecule has 0 fully saturated rings. The number of amides is 1. The first-order chi connectivity index (χ1) is 7.26. The van der Waals surface area contributed by atoms with Crippen LogP contribution >= 0.6 is 22.9 Å². The van der Waals surface area contributed by atoms with Gasteiger partial charge in [0.25, 0.3) is 0 Å². The molecule has 7 heteroatoms. The Bertz CT molecular complexity index is 252. The molecule has 0 unspecified atom stereocenters. The zero-order valence-electron chi connectivity index (χ0n) is 9.54. The number of rotatable bonds is 5. The number of carbonyl (C=O) groups is 2. The number of carboxylic acid groups (broad SMARTS) is 1. The molecule has 6 nitrogen and oxygen atoms in total. The van der Waals surface area contributed by atoms with Crippen LogP contribution in [0.2, 0.25) is 0 Å². The molecule has 0 heterocycles. The Kier molecular flexibility index (Phi) is 6.65. The number of halogens is 1. The standard InChI is InChI=1S/C9H17IN2O4/c1-9(2,3)16-8(15)11-5-4-6(12-10)7(13)14/h6,12H,4-5H2,1-3H3,(H,11,15)(H,13,14)/t6-/m0/s1. The molecule has 16 heavy (non-hydrogen) atoms. The van der Waals surface area contributed by atoms with Crippen molar-refractivity contribution < 1.29 is 19.4 Å². The van der Waals surface area contributed by atoms with Crippen LogP contribution in [0.4, 0.5) is 4.79 Å². The molecule has 1 atom stereocenters. The molecule has 1 amide bonds. The summed E-state index contributed by atoms with van der Waals surface area (Å²) in [5.41, 5.74) is -0.544. The lowest BCUT2D eigenvalue weighted by Gasteiger charge is -2.20. The van der Waals surface area contributed by atoms with Gasteiger partial charge < -0.3 is 15.2 Å². The molecule has 0 aromatic rings. The second kappa shape index (κ2) is 6.89. The van der Waals surface area contributed by atoms with E-state index >= 15 is 0 Å². The maximum atomic E-state index is 11.2. The molecule has 0 aromatic carbocycles. The highest BCUT2D eigenvalue weighted by Crippen LogP contribution is 2.06. The fourth-order valence-corrected chi connectivity index (χ4v) is 1.44. The van der Waals surface area contributed by atoms with E-state index in [1.807, 2.05) is 0 Å². The highest BCUT2D eigenvalue weighted by atomic mass is 127. The molecule has 0 aliphatic rings. The third kappa shape index (κ3) is 7.69. The van der Waals surface area contributed by atoms with Gasteiger partial charge in [-0.3, -0.25) is 4.79 Å². The van der Waals surface area contributed by atoms with E-state index in [4.69, 9.17) is 9.84 Å².